The third kappa shape index (κ3) is 4.19. The van der Waals surface area contributed by atoms with Gasteiger partial charge in [0.1, 0.15) is 6.54 Å². The number of nitrogens with zero attached hydrogens (tertiary/aromatic N) is 3. The first-order valence-electron chi connectivity index (χ1n) is 8.79. The van der Waals surface area contributed by atoms with Gasteiger partial charge in [-0.15, -0.1) is 0 Å². The molecule has 3 amide bonds. The summed E-state index contributed by atoms with van der Waals surface area (Å²) in [5.41, 5.74) is -0.216. The maximum atomic E-state index is 12.6. The maximum Gasteiger partial charge on any atom is 0.294 e. The number of imide groups is 1. The first-order valence-corrected chi connectivity index (χ1v) is 9.61. The van der Waals surface area contributed by atoms with Crippen LogP contribution in [0.2, 0.25) is 0 Å². The van der Waals surface area contributed by atoms with Crippen LogP contribution in [-0.2, 0) is 9.59 Å². The molecule has 0 radical (unpaired) electrons. The van der Waals surface area contributed by atoms with Crippen molar-refractivity contribution in [3.63, 3.8) is 0 Å². The number of benzene rings is 1. The lowest BCUT2D eigenvalue weighted by atomic mass is 10.1. The second-order valence-corrected chi connectivity index (χ2v) is 7.37. The summed E-state index contributed by atoms with van der Waals surface area (Å²) in [5.74, 6) is -0.534. The Bertz CT molecular complexity index is 909. The maximum absolute atomic E-state index is 12.6. The molecule has 0 aromatic heterocycles. The van der Waals surface area contributed by atoms with Gasteiger partial charge in [0.25, 0.3) is 16.8 Å². The average molecular weight is 421 g/mol. The number of hydrogen-bond donors (Lipinski definition) is 0. The summed E-state index contributed by atoms with van der Waals surface area (Å²) in [5, 5.41) is 10.8. The highest BCUT2D eigenvalue weighted by molar-refractivity contribution is 8.18. The van der Waals surface area contributed by atoms with Crippen molar-refractivity contribution < 1.29 is 28.8 Å². The van der Waals surface area contributed by atoms with E-state index in [-0.39, 0.29) is 40.1 Å². The van der Waals surface area contributed by atoms with Crippen LogP contribution in [0.3, 0.4) is 0 Å². The van der Waals surface area contributed by atoms with E-state index in [0.717, 1.165) is 17.7 Å². The largest absolute Gasteiger partial charge is 0.493 e. The SMILES string of the molecule is COc1cc(/C=C2/SC(=O)N(CC(=O)N3CCCC3)C2=O)c([N+](=O)[O-])cc1OC. The Morgan fingerprint density at radius 3 is 2.41 bits per heavy atom. The molecule has 2 saturated heterocycles. The Hall–Kier alpha value is -3.08. The molecule has 0 unspecified atom stereocenters. The smallest absolute Gasteiger partial charge is 0.294 e. The minimum Gasteiger partial charge on any atom is -0.493 e. The first kappa shape index (κ1) is 20.6. The van der Waals surface area contributed by atoms with Crippen LogP contribution in [0.4, 0.5) is 10.5 Å². The molecule has 2 aliphatic rings. The summed E-state index contributed by atoms with van der Waals surface area (Å²) in [7, 11) is 2.73. The van der Waals surface area contributed by atoms with E-state index in [2.05, 4.69) is 0 Å². The predicted molar refractivity (Wildman–Crippen MR) is 105 cm³/mol. The number of amides is 3. The Balaban J connectivity index is 1.88. The Morgan fingerprint density at radius 1 is 1.21 bits per heavy atom. The van der Waals surface area contributed by atoms with Gasteiger partial charge >= 0.3 is 0 Å². The van der Waals surface area contributed by atoms with Gasteiger partial charge in [-0.05, 0) is 36.7 Å². The standard InChI is InChI=1S/C18H19N3O7S/c1-27-13-7-11(12(21(25)26)9-14(13)28-2)8-15-17(23)20(18(24)29-15)10-16(22)19-5-3-4-6-19/h7-9H,3-6,10H2,1-2H3/b15-8+. The van der Waals surface area contributed by atoms with E-state index < -0.39 is 16.1 Å². The minimum atomic E-state index is -0.656. The zero-order valence-corrected chi connectivity index (χ0v) is 16.7. The second kappa shape index (κ2) is 8.52. The molecule has 3 rings (SSSR count). The number of likely N-dealkylation sites (tertiary alicyclic amines) is 1. The Labute approximate surface area is 170 Å². The number of rotatable bonds is 6. The summed E-state index contributed by atoms with van der Waals surface area (Å²) >= 11 is 0.638. The van der Waals surface area contributed by atoms with Crippen LogP contribution in [0, 0.1) is 10.1 Å². The highest BCUT2D eigenvalue weighted by atomic mass is 32.2. The first-order chi connectivity index (χ1) is 13.8. The lowest BCUT2D eigenvalue weighted by molar-refractivity contribution is -0.385. The molecular formula is C18H19N3O7S. The third-order valence-electron chi connectivity index (χ3n) is 4.64. The van der Waals surface area contributed by atoms with Crippen LogP contribution in [0.5, 0.6) is 11.5 Å². The molecular weight excluding hydrogens is 402 g/mol. The summed E-state index contributed by atoms with van der Waals surface area (Å²) in [6, 6.07) is 2.55. The number of carbonyl (C=O) groups excluding carboxylic acids is 3. The van der Waals surface area contributed by atoms with Crippen molar-refractivity contribution in [3.8, 4) is 11.5 Å². The van der Waals surface area contributed by atoms with Crippen LogP contribution < -0.4 is 9.47 Å². The van der Waals surface area contributed by atoms with Gasteiger partial charge in [0, 0.05) is 13.1 Å². The highest BCUT2D eigenvalue weighted by Gasteiger charge is 2.38. The van der Waals surface area contributed by atoms with Crippen molar-refractivity contribution in [1.29, 1.82) is 0 Å². The van der Waals surface area contributed by atoms with Crippen molar-refractivity contribution in [2.24, 2.45) is 0 Å². The van der Waals surface area contributed by atoms with Gasteiger partial charge in [-0.3, -0.25) is 29.4 Å². The molecule has 2 aliphatic heterocycles. The fraction of sp³-hybridized carbons (Fsp3) is 0.389. The predicted octanol–water partition coefficient (Wildman–Crippen LogP) is 2.27. The lowest BCUT2D eigenvalue weighted by Gasteiger charge is -2.18. The fourth-order valence-electron chi connectivity index (χ4n) is 3.14. The number of hydrogen-bond acceptors (Lipinski definition) is 8. The van der Waals surface area contributed by atoms with Crippen molar-refractivity contribution in [1.82, 2.24) is 9.80 Å². The van der Waals surface area contributed by atoms with E-state index in [0.29, 0.717) is 24.9 Å². The van der Waals surface area contributed by atoms with Crippen LogP contribution in [-0.4, -0.2) is 65.6 Å². The number of carbonyl (C=O) groups is 3. The molecule has 0 aliphatic carbocycles. The van der Waals surface area contributed by atoms with Crippen LogP contribution >= 0.6 is 11.8 Å². The van der Waals surface area contributed by atoms with Gasteiger partial charge in [-0.1, -0.05) is 0 Å². The highest BCUT2D eigenvalue weighted by Crippen LogP contribution is 2.38. The van der Waals surface area contributed by atoms with Crippen LogP contribution in [0.15, 0.2) is 17.0 Å². The van der Waals surface area contributed by atoms with Gasteiger partial charge in [-0.2, -0.15) is 0 Å². The molecule has 0 spiro atoms. The summed E-state index contributed by atoms with van der Waals surface area (Å²) in [6.45, 7) is 0.890. The van der Waals surface area contributed by atoms with Gasteiger partial charge in [0.2, 0.25) is 5.91 Å². The molecule has 1 aromatic rings. The lowest BCUT2D eigenvalue weighted by Crippen LogP contribution is -2.40. The van der Waals surface area contributed by atoms with E-state index in [9.17, 15) is 24.5 Å². The van der Waals surface area contributed by atoms with Crippen molar-refractivity contribution in [2.45, 2.75) is 12.8 Å². The van der Waals surface area contributed by atoms with Gasteiger partial charge in [0.05, 0.1) is 35.7 Å². The van der Waals surface area contributed by atoms with E-state index in [1.165, 1.54) is 32.4 Å². The minimum absolute atomic E-state index is 0.000424. The molecule has 10 nitrogen and oxygen atoms in total. The summed E-state index contributed by atoms with van der Waals surface area (Å²) in [6.07, 6.45) is 3.05. The van der Waals surface area contributed by atoms with E-state index >= 15 is 0 Å². The molecule has 0 saturated carbocycles. The molecule has 29 heavy (non-hydrogen) atoms. The van der Waals surface area contributed by atoms with Crippen molar-refractivity contribution in [3.05, 3.63) is 32.7 Å². The molecule has 0 atom stereocenters. The second-order valence-electron chi connectivity index (χ2n) is 6.38. The monoisotopic (exact) mass is 421 g/mol. The summed E-state index contributed by atoms with van der Waals surface area (Å²) < 4.78 is 10.2. The average Bonchev–Trinajstić information content (AvgIpc) is 3.32. The van der Waals surface area contributed by atoms with Gasteiger partial charge < -0.3 is 14.4 Å². The molecule has 154 valence electrons. The van der Waals surface area contributed by atoms with E-state index in [1.54, 1.807) is 4.90 Å². The zero-order chi connectivity index (χ0) is 21.1. The zero-order valence-electron chi connectivity index (χ0n) is 15.9. The Morgan fingerprint density at radius 2 is 1.83 bits per heavy atom. The molecule has 0 N–H and O–H groups in total. The van der Waals surface area contributed by atoms with Crippen LogP contribution in [0.25, 0.3) is 6.08 Å². The number of nitro groups is 1. The number of ether oxygens (including phenoxy) is 2. The normalized spacial score (nSPS) is 17.9. The molecule has 0 bridgehead atoms. The van der Waals surface area contributed by atoms with E-state index in [1.807, 2.05) is 0 Å². The molecule has 11 heteroatoms. The van der Waals surface area contributed by atoms with Crippen LogP contribution in [0.1, 0.15) is 18.4 Å². The number of nitro benzene ring substituents is 1. The summed E-state index contributed by atoms with van der Waals surface area (Å²) in [4.78, 5) is 50.5. The quantitative estimate of drug-likeness (QED) is 0.390. The molecule has 2 heterocycles. The topological polar surface area (TPSA) is 119 Å². The third-order valence-corrected chi connectivity index (χ3v) is 5.55. The molecule has 1 aromatic carbocycles. The molecule has 2 fully saturated rings. The number of thioether (sulfide) groups is 1. The van der Waals surface area contributed by atoms with E-state index in [4.69, 9.17) is 9.47 Å². The number of methoxy groups -OCH3 is 2. The van der Waals surface area contributed by atoms with Crippen molar-refractivity contribution in [2.75, 3.05) is 33.9 Å². The van der Waals surface area contributed by atoms with Gasteiger partial charge in [0.15, 0.2) is 11.5 Å². The van der Waals surface area contributed by atoms with Crippen molar-refractivity contribution >= 4 is 40.6 Å². The fourth-order valence-corrected chi connectivity index (χ4v) is 3.97. The Kier molecular flexibility index (Phi) is 6.06. The van der Waals surface area contributed by atoms with Gasteiger partial charge in [-0.25, -0.2) is 0 Å².